The summed E-state index contributed by atoms with van der Waals surface area (Å²) in [5.74, 6) is 0.0330. The van der Waals surface area contributed by atoms with Crippen LogP contribution < -0.4 is 15.4 Å². The van der Waals surface area contributed by atoms with Gasteiger partial charge in [0.2, 0.25) is 5.95 Å². The van der Waals surface area contributed by atoms with Crippen molar-refractivity contribution in [2.45, 2.75) is 64.6 Å². The summed E-state index contributed by atoms with van der Waals surface area (Å²) in [5.41, 5.74) is 2.68. The van der Waals surface area contributed by atoms with Crippen molar-refractivity contribution in [3.8, 4) is 16.9 Å². The maximum Gasteiger partial charge on any atom is 0.407 e. The molecular weight excluding hydrogens is 460 g/mol. The van der Waals surface area contributed by atoms with E-state index in [9.17, 15) is 14.7 Å². The average Bonchev–Trinajstić information content (AvgIpc) is 3.23. The number of hydrogen-bond acceptors (Lipinski definition) is 7. The zero-order valence-electron chi connectivity index (χ0n) is 21.2. The van der Waals surface area contributed by atoms with Gasteiger partial charge in [0.05, 0.1) is 24.2 Å². The monoisotopic (exact) mass is 492 g/mol. The van der Waals surface area contributed by atoms with Crippen molar-refractivity contribution in [1.29, 1.82) is 0 Å². The van der Waals surface area contributed by atoms with Crippen LogP contribution in [-0.4, -0.2) is 51.9 Å². The highest BCUT2D eigenvalue weighted by atomic mass is 16.6. The molecule has 0 aliphatic heterocycles. The minimum absolute atomic E-state index is 0.00854. The normalized spacial score (nSPS) is 17.6. The molecule has 1 fully saturated rings. The third kappa shape index (κ3) is 5.50. The number of hydrogen-bond donors (Lipinski definition) is 3. The molecular formula is C27H32N4O5. The van der Waals surface area contributed by atoms with Crippen molar-refractivity contribution in [1.82, 2.24) is 15.3 Å². The summed E-state index contributed by atoms with van der Waals surface area (Å²) >= 11 is 0. The second kappa shape index (κ2) is 10.0. The Balaban J connectivity index is 1.53. The lowest BCUT2D eigenvalue weighted by atomic mass is 9.97. The molecule has 0 spiro atoms. The number of fused-ring (bicyclic) bond motifs is 1. The molecule has 1 aliphatic rings. The minimum Gasteiger partial charge on any atom is -0.496 e. The SMILES string of the molecule is COc1c(-c2ccc3nc(N[C@@H]4CCC[C@@H]4NC(=O)OC(C)(C)C)ncc3c2)ccc(C(=O)O)c1C. The maximum atomic E-state index is 12.2. The summed E-state index contributed by atoms with van der Waals surface area (Å²) in [6.45, 7) is 7.26. The number of ether oxygens (including phenoxy) is 2. The highest BCUT2D eigenvalue weighted by Gasteiger charge is 2.30. The second-order valence-electron chi connectivity index (χ2n) is 10.0. The topological polar surface area (TPSA) is 123 Å². The first-order chi connectivity index (χ1) is 17.1. The van der Waals surface area contributed by atoms with Crippen LogP contribution in [0.3, 0.4) is 0 Å². The van der Waals surface area contributed by atoms with Gasteiger partial charge in [-0.1, -0.05) is 6.07 Å². The van der Waals surface area contributed by atoms with Gasteiger partial charge in [-0.3, -0.25) is 0 Å². The van der Waals surface area contributed by atoms with Crippen LogP contribution in [0.15, 0.2) is 36.5 Å². The van der Waals surface area contributed by atoms with Gasteiger partial charge in [-0.25, -0.2) is 19.6 Å². The Kier molecular flexibility index (Phi) is 7.01. The molecule has 1 aromatic heterocycles. The van der Waals surface area contributed by atoms with Crippen LogP contribution in [0.1, 0.15) is 56.0 Å². The number of anilines is 1. The highest BCUT2D eigenvalue weighted by molar-refractivity contribution is 5.93. The van der Waals surface area contributed by atoms with E-state index in [1.54, 1.807) is 25.3 Å². The molecule has 1 amide bonds. The standard InChI is InChI=1S/C27H32N4O5/c1-15-18(24(32)33)10-11-19(23(15)35-5)16-9-12-20-17(13-16)14-28-25(29-20)30-21-7-6-8-22(21)31-26(34)36-27(2,3)4/h9-14,21-22H,6-8H2,1-5H3,(H,31,34)(H,32,33)(H,28,29,30)/t21-,22+/m1/s1. The van der Waals surface area contributed by atoms with Crippen LogP contribution in [0.4, 0.5) is 10.7 Å². The molecule has 0 saturated heterocycles. The van der Waals surface area contributed by atoms with Crippen molar-refractivity contribution in [3.05, 3.63) is 47.7 Å². The zero-order valence-corrected chi connectivity index (χ0v) is 21.2. The van der Waals surface area contributed by atoms with Crippen molar-refractivity contribution < 1.29 is 24.2 Å². The number of carbonyl (C=O) groups is 2. The first kappa shape index (κ1) is 25.2. The van der Waals surface area contributed by atoms with Crippen LogP contribution in [0, 0.1) is 6.92 Å². The number of amides is 1. The molecule has 1 saturated carbocycles. The van der Waals surface area contributed by atoms with Gasteiger partial charge < -0.3 is 25.2 Å². The van der Waals surface area contributed by atoms with E-state index in [-0.39, 0.29) is 17.6 Å². The van der Waals surface area contributed by atoms with Crippen LogP contribution >= 0.6 is 0 Å². The van der Waals surface area contributed by atoms with Gasteiger partial charge in [0.15, 0.2) is 0 Å². The molecule has 3 N–H and O–H groups in total. The van der Waals surface area contributed by atoms with Gasteiger partial charge in [0, 0.05) is 28.8 Å². The number of alkyl carbamates (subject to hydrolysis) is 1. The predicted octanol–water partition coefficient (Wildman–Crippen LogP) is 5.17. The Morgan fingerprint density at radius 2 is 1.86 bits per heavy atom. The van der Waals surface area contributed by atoms with E-state index in [0.29, 0.717) is 17.3 Å². The summed E-state index contributed by atoms with van der Waals surface area (Å²) in [5, 5.41) is 16.6. The number of methoxy groups -OCH3 is 1. The Hall–Kier alpha value is -3.88. The van der Waals surface area contributed by atoms with Crippen molar-refractivity contribution in [2.24, 2.45) is 0 Å². The van der Waals surface area contributed by atoms with E-state index in [1.807, 2.05) is 39.0 Å². The number of nitrogens with zero attached hydrogens (tertiary/aromatic N) is 2. The smallest absolute Gasteiger partial charge is 0.407 e. The van der Waals surface area contributed by atoms with Gasteiger partial charge >= 0.3 is 12.1 Å². The van der Waals surface area contributed by atoms with Gasteiger partial charge in [0.25, 0.3) is 0 Å². The lowest BCUT2D eigenvalue weighted by Crippen LogP contribution is -2.45. The molecule has 3 aromatic rings. The Morgan fingerprint density at radius 1 is 1.11 bits per heavy atom. The fourth-order valence-corrected chi connectivity index (χ4v) is 4.61. The molecule has 36 heavy (non-hydrogen) atoms. The molecule has 9 heteroatoms. The fourth-order valence-electron chi connectivity index (χ4n) is 4.61. The summed E-state index contributed by atoms with van der Waals surface area (Å²) in [6.07, 6.45) is 4.07. The lowest BCUT2D eigenvalue weighted by Gasteiger charge is -2.25. The molecule has 1 aliphatic carbocycles. The van der Waals surface area contributed by atoms with Crippen LogP contribution in [0.25, 0.3) is 22.0 Å². The maximum absolute atomic E-state index is 12.2. The summed E-state index contributed by atoms with van der Waals surface area (Å²) in [7, 11) is 1.54. The average molecular weight is 493 g/mol. The number of carbonyl (C=O) groups excluding carboxylic acids is 1. The Morgan fingerprint density at radius 3 is 2.56 bits per heavy atom. The van der Waals surface area contributed by atoms with E-state index < -0.39 is 17.7 Å². The largest absolute Gasteiger partial charge is 0.496 e. The fraction of sp³-hybridized carbons (Fsp3) is 0.407. The van der Waals surface area contributed by atoms with Crippen molar-refractivity contribution >= 4 is 28.9 Å². The predicted molar refractivity (Wildman–Crippen MR) is 138 cm³/mol. The van der Waals surface area contributed by atoms with E-state index in [0.717, 1.165) is 41.3 Å². The molecule has 0 radical (unpaired) electrons. The molecule has 9 nitrogen and oxygen atoms in total. The number of carboxylic acid groups (broad SMARTS) is 1. The quantitative estimate of drug-likeness (QED) is 0.431. The van der Waals surface area contributed by atoms with E-state index in [2.05, 4.69) is 20.6 Å². The zero-order chi connectivity index (χ0) is 26.0. The summed E-state index contributed by atoms with van der Waals surface area (Å²) < 4.78 is 10.9. The van der Waals surface area contributed by atoms with Crippen molar-refractivity contribution in [2.75, 3.05) is 12.4 Å². The molecule has 0 unspecified atom stereocenters. The first-order valence-electron chi connectivity index (χ1n) is 12.0. The number of rotatable bonds is 6. The molecule has 2 atom stereocenters. The van der Waals surface area contributed by atoms with Gasteiger partial charge in [-0.15, -0.1) is 0 Å². The Labute approximate surface area is 210 Å². The molecule has 1 heterocycles. The Bertz CT molecular complexity index is 1300. The molecule has 4 rings (SSSR count). The molecule has 0 bridgehead atoms. The number of aromatic nitrogens is 2. The summed E-state index contributed by atoms with van der Waals surface area (Å²) in [4.78, 5) is 32.9. The number of aromatic carboxylic acids is 1. The van der Waals surface area contributed by atoms with Gasteiger partial charge in [-0.2, -0.15) is 0 Å². The minimum atomic E-state index is -0.991. The molecule has 190 valence electrons. The number of nitrogens with one attached hydrogen (secondary N) is 2. The second-order valence-corrected chi connectivity index (χ2v) is 10.0. The van der Waals surface area contributed by atoms with Crippen LogP contribution in [0.5, 0.6) is 5.75 Å². The number of benzene rings is 2. The lowest BCUT2D eigenvalue weighted by molar-refractivity contribution is 0.0502. The highest BCUT2D eigenvalue weighted by Crippen LogP contribution is 2.36. The molecule has 2 aromatic carbocycles. The first-order valence-corrected chi connectivity index (χ1v) is 12.0. The van der Waals surface area contributed by atoms with Crippen LogP contribution in [0.2, 0.25) is 0 Å². The third-order valence-corrected chi connectivity index (χ3v) is 6.26. The van der Waals surface area contributed by atoms with Gasteiger partial charge in [-0.05, 0) is 76.8 Å². The van der Waals surface area contributed by atoms with Crippen molar-refractivity contribution in [3.63, 3.8) is 0 Å². The van der Waals surface area contributed by atoms with Crippen LogP contribution in [-0.2, 0) is 4.74 Å². The van der Waals surface area contributed by atoms with E-state index in [1.165, 1.54) is 7.11 Å². The van der Waals surface area contributed by atoms with E-state index in [4.69, 9.17) is 9.47 Å². The van der Waals surface area contributed by atoms with Gasteiger partial charge in [0.1, 0.15) is 11.4 Å². The third-order valence-electron chi connectivity index (χ3n) is 6.26. The number of carboxylic acids is 1. The summed E-state index contributed by atoms with van der Waals surface area (Å²) in [6, 6.07) is 9.08. The van der Waals surface area contributed by atoms with E-state index >= 15 is 0 Å².